The average molecular weight is 447 g/mol. The molecule has 32 heavy (non-hydrogen) atoms. The van der Waals surface area contributed by atoms with Gasteiger partial charge in [-0.1, -0.05) is 20.8 Å². The van der Waals surface area contributed by atoms with E-state index in [0.29, 0.717) is 5.69 Å². The van der Waals surface area contributed by atoms with Crippen LogP contribution in [0.3, 0.4) is 0 Å². The first-order valence-electron chi connectivity index (χ1n) is 10.8. The second kappa shape index (κ2) is 9.28. The molecule has 1 heterocycles. The molecule has 1 amide bonds. The van der Waals surface area contributed by atoms with Crippen molar-refractivity contribution in [3.8, 4) is 5.69 Å². The third kappa shape index (κ3) is 4.62. The molecule has 0 radical (unpaired) electrons. The highest BCUT2D eigenvalue weighted by molar-refractivity contribution is 6.00. The van der Waals surface area contributed by atoms with Crippen molar-refractivity contribution >= 4 is 17.6 Å². The molecule has 0 aliphatic heterocycles. The SMILES string of the molecule is CCc1nn(-c2cc(F)c(C(N)=O)c(NC(CCO)C(=O)OC)c2)c2c1CCC(C)(C)C2. The summed E-state index contributed by atoms with van der Waals surface area (Å²) in [5.74, 6) is -2.43. The third-order valence-electron chi connectivity index (χ3n) is 6.00. The molecular weight excluding hydrogens is 415 g/mol. The molecule has 1 aromatic carbocycles. The number of esters is 1. The second-order valence-corrected chi connectivity index (χ2v) is 8.93. The fourth-order valence-electron chi connectivity index (χ4n) is 4.30. The molecule has 3 rings (SSSR count). The van der Waals surface area contributed by atoms with E-state index in [1.54, 1.807) is 10.7 Å². The Morgan fingerprint density at radius 2 is 2.12 bits per heavy atom. The van der Waals surface area contributed by atoms with Crippen molar-refractivity contribution in [2.24, 2.45) is 11.1 Å². The molecular formula is C23H31FN4O4. The van der Waals surface area contributed by atoms with E-state index < -0.39 is 23.7 Å². The number of aliphatic hydroxyl groups excluding tert-OH is 1. The Morgan fingerprint density at radius 1 is 1.41 bits per heavy atom. The molecule has 2 aromatic rings. The van der Waals surface area contributed by atoms with Crippen LogP contribution in [0.25, 0.3) is 5.69 Å². The predicted molar refractivity (Wildman–Crippen MR) is 118 cm³/mol. The van der Waals surface area contributed by atoms with E-state index in [-0.39, 0.29) is 29.7 Å². The van der Waals surface area contributed by atoms with Crippen LogP contribution in [0.4, 0.5) is 10.1 Å². The van der Waals surface area contributed by atoms with E-state index in [1.165, 1.54) is 18.7 Å². The number of aromatic nitrogens is 2. The number of fused-ring (bicyclic) bond motifs is 1. The van der Waals surface area contributed by atoms with Gasteiger partial charge in [-0.2, -0.15) is 5.10 Å². The minimum atomic E-state index is -0.977. The number of hydrogen-bond acceptors (Lipinski definition) is 6. The van der Waals surface area contributed by atoms with Gasteiger partial charge >= 0.3 is 5.97 Å². The highest BCUT2D eigenvalue weighted by Gasteiger charge is 2.31. The van der Waals surface area contributed by atoms with Gasteiger partial charge < -0.3 is 20.9 Å². The van der Waals surface area contributed by atoms with E-state index in [4.69, 9.17) is 15.6 Å². The Labute approximate surface area is 186 Å². The monoisotopic (exact) mass is 446 g/mol. The highest BCUT2D eigenvalue weighted by atomic mass is 19.1. The van der Waals surface area contributed by atoms with Crippen molar-refractivity contribution in [2.45, 2.75) is 58.9 Å². The van der Waals surface area contributed by atoms with Crippen LogP contribution < -0.4 is 11.1 Å². The highest BCUT2D eigenvalue weighted by Crippen LogP contribution is 2.38. The lowest BCUT2D eigenvalue weighted by Crippen LogP contribution is -2.33. The maximum absolute atomic E-state index is 15.1. The fourth-order valence-corrected chi connectivity index (χ4v) is 4.30. The number of carbonyl (C=O) groups is 2. The van der Waals surface area contributed by atoms with Gasteiger partial charge in [0.2, 0.25) is 0 Å². The van der Waals surface area contributed by atoms with E-state index in [2.05, 4.69) is 19.2 Å². The van der Waals surface area contributed by atoms with Gasteiger partial charge in [-0.05, 0) is 42.7 Å². The Balaban J connectivity index is 2.15. The van der Waals surface area contributed by atoms with Crippen LogP contribution in [0, 0.1) is 11.2 Å². The minimum absolute atomic E-state index is 0.0159. The van der Waals surface area contributed by atoms with Crippen LogP contribution in [0.2, 0.25) is 0 Å². The summed E-state index contributed by atoms with van der Waals surface area (Å²) in [6, 6.07) is 1.82. The van der Waals surface area contributed by atoms with Crippen molar-refractivity contribution in [2.75, 3.05) is 19.0 Å². The zero-order chi connectivity index (χ0) is 23.6. The maximum atomic E-state index is 15.1. The number of primary amides is 1. The Bertz CT molecular complexity index is 1030. The second-order valence-electron chi connectivity index (χ2n) is 8.93. The predicted octanol–water partition coefficient (Wildman–Crippen LogP) is 2.52. The van der Waals surface area contributed by atoms with E-state index >= 15 is 4.39 Å². The number of methoxy groups -OCH3 is 1. The van der Waals surface area contributed by atoms with Crippen LogP contribution >= 0.6 is 0 Å². The van der Waals surface area contributed by atoms with Crippen LogP contribution in [0.15, 0.2) is 12.1 Å². The quantitative estimate of drug-likeness (QED) is 0.536. The molecule has 0 fully saturated rings. The summed E-state index contributed by atoms with van der Waals surface area (Å²) in [4.78, 5) is 24.1. The van der Waals surface area contributed by atoms with Crippen molar-refractivity contribution in [1.29, 1.82) is 0 Å². The van der Waals surface area contributed by atoms with Crippen LogP contribution in [-0.4, -0.2) is 46.5 Å². The van der Waals surface area contributed by atoms with E-state index in [0.717, 1.165) is 37.1 Å². The molecule has 8 nitrogen and oxygen atoms in total. The first-order valence-corrected chi connectivity index (χ1v) is 10.8. The van der Waals surface area contributed by atoms with Crippen LogP contribution in [-0.2, 0) is 28.8 Å². The normalized spacial score (nSPS) is 15.7. The first kappa shape index (κ1) is 23.7. The van der Waals surface area contributed by atoms with Crippen molar-refractivity contribution < 1.29 is 23.8 Å². The molecule has 1 atom stereocenters. The number of ether oxygens (including phenoxy) is 1. The summed E-state index contributed by atoms with van der Waals surface area (Å²) >= 11 is 0. The molecule has 0 bridgehead atoms. The number of nitrogens with zero attached hydrogens (tertiary/aromatic N) is 2. The number of carbonyl (C=O) groups excluding carboxylic acids is 2. The fraction of sp³-hybridized carbons (Fsp3) is 0.522. The summed E-state index contributed by atoms with van der Waals surface area (Å²) in [6.07, 6.45) is 3.50. The number of aliphatic hydroxyl groups is 1. The average Bonchev–Trinajstić information content (AvgIpc) is 3.08. The number of benzene rings is 1. The molecule has 4 N–H and O–H groups in total. The first-order chi connectivity index (χ1) is 15.1. The molecule has 1 aromatic heterocycles. The summed E-state index contributed by atoms with van der Waals surface area (Å²) < 4.78 is 21.6. The number of nitrogens with one attached hydrogen (secondary N) is 1. The molecule has 9 heteroatoms. The Morgan fingerprint density at radius 3 is 2.72 bits per heavy atom. The third-order valence-corrected chi connectivity index (χ3v) is 6.00. The van der Waals surface area contributed by atoms with Crippen molar-refractivity contribution in [1.82, 2.24) is 9.78 Å². The van der Waals surface area contributed by atoms with Gasteiger partial charge in [0, 0.05) is 24.8 Å². The summed E-state index contributed by atoms with van der Waals surface area (Å²) in [6.45, 7) is 6.12. The standard InChI is InChI=1S/C23H31FN4O4/c1-5-16-14-6-8-23(2,3)12-19(14)28(27-16)13-10-15(24)20(21(25)30)18(11-13)26-17(7-9-29)22(31)32-4/h10-11,17,26,29H,5-9,12H2,1-4H3,(H2,25,30). The van der Waals surface area contributed by atoms with Crippen LogP contribution in [0.1, 0.15) is 60.9 Å². The van der Waals surface area contributed by atoms with Gasteiger partial charge in [0.15, 0.2) is 0 Å². The zero-order valence-corrected chi connectivity index (χ0v) is 19.0. The number of aryl methyl sites for hydroxylation is 1. The lowest BCUT2D eigenvalue weighted by Gasteiger charge is -2.30. The lowest BCUT2D eigenvalue weighted by molar-refractivity contribution is -0.141. The molecule has 1 unspecified atom stereocenters. The van der Waals surface area contributed by atoms with Gasteiger partial charge in [-0.25, -0.2) is 13.9 Å². The number of anilines is 1. The molecule has 0 saturated heterocycles. The van der Waals surface area contributed by atoms with Gasteiger partial charge in [-0.3, -0.25) is 4.79 Å². The van der Waals surface area contributed by atoms with Crippen molar-refractivity contribution in [3.05, 3.63) is 40.5 Å². The Kier molecular flexibility index (Phi) is 6.88. The molecule has 174 valence electrons. The topological polar surface area (TPSA) is 119 Å². The lowest BCUT2D eigenvalue weighted by atomic mass is 9.76. The maximum Gasteiger partial charge on any atom is 0.328 e. The molecule has 1 aliphatic rings. The van der Waals surface area contributed by atoms with E-state index in [9.17, 15) is 14.7 Å². The molecule has 0 spiro atoms. The Hall–Kier alpha value is -2.94. The largest absolute Gasteiger partial charge is 0.467 e. The molecule has 1 aliphatic carbocycles. The van der Waals surface area contributed by atoms with Gasteiger partial charge in [0.25, 0.3) is 5.91 Å². The smallest absolute Gasteiger partial charge is 0.328 e. The summed E-state index contributed by atoms with van der Waals surface area (Å²) in [5, 5.41) is 16.9. The van der Waals surface area contributed by atoms with Crippen molar-refractivity contribution in [3.63, 3.8) is 0 Å². The van der Waals surface area contributed by atoms with Gasteiger partial charge in [-0.15, -0.1) is 0 Å². The molecule has 0 saturated carbocycles. The van der Waals surface area contributed by atoms with Gasteiger partial charge in [0.1, 0.15) is 11.9 Å². The van der Waals surface area contributed by atoms with Crippen LogP contribution in [0.5, 0.6) is 0 Å². The number of rotatable bonds is 8. The number of nitrogens with two attached hydrogens (primary N) is 1. The zero-order valence-electron chi connectivity index (χ0n) is 19.0. The number of halogens is 1. The number of amides is 1. The van der Waals surface area contributed by atoms with E-state index in [1.807, 2.05) is 6.92 Å². The minimum Gasteiger partial charge on any atom is -0.467 e. The summed E-state index contributed by atoms with van der Waals surface area (Å²) in [7, 11) is 1.21. The van der Waals surface area contributed by atoms with Gasteiger partial charge in [0.05, 0.1) is 29.7 Å². The number of hydrogen-bond donors (Lipinski definition) is 3. The summed E-state index contributed by atoms with van der Waals surface area (Å²) in [5.41, 5.74) is 8.81.